The third-order valence-corrected chi connectivity index (χ3v) is 5.04. The second-order valence-corrected chi connectivity index (χ2v) is 6.93. The molecule has 5 nitrogen and oxygen atoms in total. The van der Waals surface area contributed by atoms with Gasteiger partial charge in [0.15, 0.2) is 5.82 Å². The van der Waals surface area contributed by atoms with Gasteiger partial charge < -0.3 is 14.7 Å². The Balaban J connectivity index is 1.91. The first-order valence-electron chi connectivity index (χ1n) is 8.95. The summed E-state index contributed by atoms with van der Waals surface area (Å²) in [6.07, 6.45) is 10.6. The minimum atomic E-state index is -0.0794. The minimum absolute atomic E-state index is 0.0438. The van der Waals surface area contributed by atoms with Crippen LogP contribution >= 0.6 is 11.6 Å². The van der Waals surface area contributed by atoms with Crippen molar-refractivity contribution < 1.29 is 9.84 Å². The fraction of sp³-hybridized carbons (Fsp3) is 0.350. The zero-order valence-corrected chi connectivity index (χ0v) is 15.3. The van der Waals surface area contributed by atoms with Crippen molar-refractivity contribution in [2.45, 2.75) is 18.9 Å². The fourth-order valence-electron chi connectivity index (χ4n) is 3.44. The van der Waals surface area contributed by atoms with Crippen LogP contribution in [0.3, 0.4) is 0 Å². The number of fused-ring (bicyclic) bond motifs is 1. The summed E-state index contributed by atoms with van der Waals surface area (Å²) in [4.78, 5) is 2.16. The lowest BCUT2D eigenvalue weighted by atomic mass is 10.2. The third kappa shape index (κ3) is 3.30. The van der Waals surface area contributed by atoms with Crippen molar-refractivity contribution in [2.75, 3.05) is 31.3 Å². The van der Waals surface area contributed by atoms with E-state index in [1.54, 1.807) is 0 Å². The molecule has 4 rings (SSSR count). The number of aliphatic hydroxyl groups excluding tert-OH is 1. The molecule has 6 heteroatoms. The summed E-state index contributed by atoms with van der Waals surface area (Å²) >= 11 is 6.05. The van der Waals surface area contributed by atoms with Gasteiger partial charge in [0, 0.05) is 16.8 Å². The molecule has 1 unspecified atom stereocenters. The number of morpholine rings is 1. The van der Waals surface area contributed by atoms with Gasteiger partial charge in [-0.3, -0.25) is 0 Å². The number of hydrogen-bond donors (Lipinski definition) is 1. The molecule has 1 aromatic heterocycles. The van der Waals surface area contributed by atoms with E-state index >= 15 is 0 Å². The smallest absolute Gasteiger partial charge is 0.159 e. The molecule has 1 aliphatic heterocycles. The Morgan fingerprint density at radius 3 is 2.88 bits per heavy atom. The van der Waals surface area contributed by atoms with Crippen LogP contribution in [0.5, 0.6) is 0 Å². The quantitative estimate of drug-likeness (QED) is 0.891. The zero-order valence-electron chi connectivity index (χ0n) is 14.5. The van der Waals surface area contributed by atoms with Gasteiger partial charge in [0.1, 0.15) is 0 Å². The summed E-state index contributed by atoms with van der Waals surface area (Å²) in [7, 11) is 0. The molecule has 1 N–H and O–H groups in total. The summed E-state index contributed by atoms with van der Waals surface area (Å²) in [6, 6.07) is 7.63. The number of halogens is 1. The molecule has 2 aromatic rings. The summed E-state index contributed by atoms with van der Waals surface area (Å²) in [5.41, 5.74) is 0.972. The largest absolute Gasteiger partial charge is 0.394 e. The Hall–Kier alpha value is -2.08. The predicted molar refractivity (Wildman–Crippen MR) is 104 cm³/mol. The van der Waals surface area contributed by atoms with Crippen molar-refractivity contribution in [3.63, 3.8) is 0 Å². The molecule has 0 saturated carbocycles. The van der Waals surface area contributed by atoms with Crippen LogP contribution in [0.15, 0.2) is 36.4 Å². The molecule has 1 saturated heterocycles. The Kier molecular flexibility index (Phi) is 5.11. The number of benzene rings is 1. The lowest BCUT2D eigenvalue weighted by molar-refractivity contribution is 0.0721. The lowest BCUT2D eigenvalue weighted by Crippen LogP contribution is -2.50. The van der Waals surface area contributed by atoms with E-state index in [2.05, 4.69) is 29.2 Å². The van der Waals surface area contributed by atoms with Gasteiger partial charge in [-0.15, -0.1) is 5.10 Å². The Labute approximate surface area is 157 Å². The van der Waals surface area contributed by atoms with Gasteiger partial charge in [0.25, 0.3) is 0 Å². The number of aromatic nitrogens is 2. The first-order chi connectivity index (χ1) is 12.8. The number of aliphatic hydroxyl groups is 1. The predicted octanol–water partition coefficient (Wildman–Crippen LogP) is 1.63. The van der Waals surface area contributed by atoms with E-state index in [0.717, 1.165) is 34.9 Å². The highest BCUT2D eigenvalue weighted by molar-refractivity contribution is 6.30. The maximum atomic E-state index is 9.78. The normalized spacial score (nSPS) is 19.9. The van der Waals surface area contributed by atoms with Crippen LogP contribution in [0.4, 0.5) is 5.82 Å². The molecular weight excluding hydrogens is 350 g/mol. The van der Waals surface area contributed by atoms with Crippen molar-refractivity contribution in [1.29, 1.82) is 0 Å². The Morgan fingerprint density at radius 2 is 2.08 bits per heavy atom. The number of nitrogens with zero attached hydrogens (tertiary/aromatic N) is 3. The molecule has 0 spiro atoms. The Bertz CT molecular complexity index is 918. The average Bonchev–Trinajstić information content (AvgIpc) is 2.99. The molecule has 1 aromatic carbocycles. The maximum absolute atomic E-state index is 9.78. The summed E-state index contributed by atoms with van der Waals surface area (Å²) in [5, 5.41) is 17.6. The standard InChI is InChI=1S/C20H22ClN3O2/c21-15-7-9-16(10-8-15)24-19-6-4-2-1-3-5-18(19)20(22-24)23-11-12-26-14-17(23)13-25/h1,3,5-10,17,25H,2,4,11-14H2. The second kappa shape index (κ2) is 7.66. The van der Waals surface area contributed by atoms with Gasteiger partial charge in [-0.05, 0) is 43.2 Å². The molecular formula is C20H22ClN3O2. The Morgan fingerprint density at radius 1 is 1.23 bits per heavy atom. The SMILES string of the molecule is OCC1COCCN1c1nn(-c2ccc(Cl)cc2)c2c1=CC=CCCC=2. The maximum Gasteiger partial charge on any atom is 0.159 e. The molecule has 0 amide bonds. The van der Waals surface area contributed by atoms with Gasteiger partial charge in [-0.2, -0.15) is 0 Å². The van der Waals surface area contributed by atoms with E-state index in [1.165, 1.54) is 0 Å². The van der Waals surface area contributed by atoms with Crippen molar-refractivity contribution in [1.82, 2.24) is 9.78 Å². The lowest BCUT2D eigenvalue weighted by Gasteiger charge is -2.34. The second-order valence-electron chi connectivity index (χ2n) is 6.49. The zero-order chi connectivity index (χ0) is 17.9. The van der Waals surface area contributed by atoms with Crippen LogP contribution in [-0.4, -0.2) is 47.3 Å². The van der Waals surface area contributed by atoms with E-state index in [4.69, 9.17) is 21.4 Å². The number of hydrogen-bond acceptors (Lipinski definition) is 4. The van der Waals surface area contributed by atoms with Crippen molar-refractivity contribution >= 4 is 29.6 Å². The first-order valence-corrected chi connectivity index (χ1v) is 9.33. The summed E-state index contributed by atoms with van der Waals surface area (Å²) < 4.78 is 7.51. The molecule has 2 aliphatic rings. The highest BCUT2D eigenvalue weighted by Gasteiger charge is 2.26. The van der Waals surface area contributed by atoms with Gasteiger partial charge in [-0.1, -0.05) is 29.8 Å². The topological polar surface area (TPSA) is 50.5 Å². The van der Waals surface area contributed by atoms with E-state index in [0.29, 0.717) is 24.8 Å². The van der Waals surface area contributed by atoms with Crippen LogP contribution in [0, 0.1) is 0 Å². The molecule has 26 heavy (non-hydrogen) atoms. The number of rotatable bonds is 3. The molecule has 2 heterocycles. The number of anilines is 1. The van der Waals surface area contributed by atoms with E-state index in [9.17, 15) is 5.11 Å². The van der Waals surface area contributed by atoms with Crippen LogP contribution in [0.2, 0.25) is 5.02 Å². The van der Waals surface area contributed by atoms with E-state index in [-0.39, 0.29) is 12.6 Å². The monoisotopic (exact) mass is 371 g/mol. The van der Waals surface area contributed by atoms with Crippen molar-refractivity contribution in [3.05, 3.63) is 52.0 Å². The summed E-state index contributed by atoms with van der Waals surface area (Å²) in [5.74, 6) is 0.889. The summed E-state index contributed by atoms with van der Waals surface area (Å²) in [6.45, 7) is 1.91. The van der Waals surface area contributed by atoms with Gasteiger partial charge >= 0.3 is 0 Å². The van der Waals surface area contributed by atoms with Crippen LogP contribution in [0.25, 0.3) is 17.8 Å². The molecule has 0 bridgehead atoms. The van der Waals surface area contributed by atoms with Crippen LogP contribution in [0.1, 0.15) is 12.8 Å². The highest BCUT2D eigenvalue weighted by Crippen LogP contribution is 2.16. The van der Waals surface area contributed by atoms with Gasteiger partial charge in [0.05, 0.1) is 36.9 Å². The van der Waals surface area contributed by atoms with Crippen molar-refractivity contribution in [3.8, 4) is 5.69 Å². The molecule has 0 radical (unpaired) electrons. The highest BCUT2D eigenvalue weighted by atomic mass is 35.5. The number of allylic oxidation sites excluding steroid dienone is 2. The van der Waals surface area contributed by atoms with Gasteiger partial charge in [-0.25, -0.2) is 4.68 Å². The van der Waals surface area contributed by atoms with E-state index in [1.807, 2.05) is 28.9 Å². The van der Waals surface area contributed by atoms with E-state index < -0.39 is 0 Å². The average molecular weight is 372 g/mol. The number of ether oxygens (including phenoxy) is 1. The molecule has 136 valence electrons. The van der Waals surface area contributed by atoms with Crippen molar-refractivity contribution in [2.24, 2.45) is 0 Å². The third-order valence-electron chi connectivity index (χ3n) is 4.79. The fourth-order valence-corrected chi connectivity index (χ4v) is 3.57. The molecule has 1 aliphatic carbocycles. The minimum Gasteiger partial charge on any atom is -0.394 e. The van der Waals surface area contributed by atoms with Crippen LogP contribution in [-0.2, 0) is 4.74 Å². The molecule has 1 atom stereocenters. The van der Waals surface area contributed by atoms with Gasteiger partial charge in [0.2, 0.25) is 0 Å². The molecule has 1 fully saturated rings. The first kappa shape index (κ1) is 17.3. The van der Waals surface area contributed by atoms with Crippen LogP contribution < -0.4 is 15.5 Å².